The van der Waals surface area contributed by atoms with Crippen molar-refractivity contribution in [1.82, 2.24) is 25.3 Å². The van der Waals surface area contributed by atoms with E-state index in [1.807, 2.05) is 0 Å². The van der Waals surface area contributed by atoms with E-state index in [4.69, 9.17) is 4.52 Å². The van der Waals surface area contributed by atoms with E-state index in [0.717, 1.165) is 11.0 Å². The summed E-state index contributed by atoms with van der Waals surface area (Å²) in [5, 5.41) is 5.90. The maximum Gasteiger partial charge on any atom is 0.277 e. The van der Waals surface area contributed by atoms with Gasteiger partial charge in [-0.25, -0.2) is 4.39 Å². The number of imide groups is 2. The summed E-state index contributed by atoms with van der Waals surface area (Å²) in [6, 6.07) is 3.26. The van der Waals surface area contributed by atoms with Crippen molar-refractivity contribution in [3.05, 3.63) is 46.2 Å². The summed E-state index contributed by atoms with van der Waals surface area (Å²) in [4.78, 5) is 55.0. The number of carbonyl (C=O) groups is 4. The molecule has 1 atom stereocenters. The molecule has 4 rings (SSSR count). The molecule has 160 valence electrons. The highest BCUT2D eigenvalue weighted by atomic mass is 79.9. The summed E-state index contributed by atoms with van der Waals surface area (Å²) >= 11 is 3.25. The quantitative estimate of drug-likeness (QED) is 0.616. The van der Waals surface area contributed by atoms with Crippen molar-refractivity contribution in [1.29, 1.82) is 0 Å². The third-order valence-electron chi connectivity index (χ3n) is 4.88. The Bertz CT molecular complexity index is 1150. The number of piperidine rings is 1. The Balaban J connectivity index is 1.48. The molecule has 1 unspecified atom stereocenters. The van der Waals surface area contributed by atoms with E-state index in [2.05, 4.69) is 31.4 Å². The predicted octanol–water partition coefficient (Wildman–Crippen LogP) is 1.13. The minimum Gasteiger partial charge on any atom is -0.361 e. The lowest BCUT2D eigenvalue weighted by atomic mass is 10.0. The molecular weight excluding hydrogens is 477 g/mol. The highest BCUT2D eigenvalue weighted by Gasteiger charge is 2.43. The van der Waals surface area contributed by atoms with E-state index in [9.17, 15) is 23.6 Å². The molecule has 1 aromatic heterocycles. The molecule has 2 aromatic rings. The van der Waals surface area contributed by atoms with Crippen molar-refractivity contribution >= 4 is 39.6 Å². The summed E-state index contributed by atoms with van der Waals surface area (Å²) in [5.41, 5.74) is 0.172. The molecule has 2 aliphatic rings. The van der Waals surface area contributed by atoms with Gasteiger partial charge in [0.05, 0.1) is 12.1 Å². The second kappa shape index (κ2) is 8.02. The lowest BCUT2D eigenvalue weighted by Crippen LogP contribution is -2.54. The van der Waals surface area contributed by atoms with Gasteiger partial charge in [0.1, 0.15) is 17.6 Å². The van der Waals surface area contributed by atoms with Crippen molar-refractivity contribution in [2.45, 2.75) is 25.4 Å². The van der Waals surface area contributed by atoms with Crippen LogP contribution in [0, 0.1) is 5.82 Å². The van der Waals surface area contributed by atoms with E-state index >= 15 is 0 Å². The van der Waals surface area contributed by atoms with Gasteiger partial charge in [-0.05, 0) is 24.6 Å². The molecule has 3 heterocycles. The van der Waals surface area contributed by atoms with E-state index in [0.29, 0.717) is 4.47 Å². The minimum atomic E-state index is -1.05. The first-order chi connectivity index (χ1) is 14.7. The highest BCUT2D eigenvalue weighted by Crippen LogP contribution is 2.26. The van der Waals surface area contributed by atoms with E-state index in [1.165, 1.54) is 30.1 Å². The molecule has 31 heavy (non-hydrogen) atoms. The monoisotopic (exact) mass is 491 g/mol. The van der Waals surface area contributed by atoms with Gasteiger partial charge in [-0.15, -0.1) is 0 Å². The third-order valence-corrected chi connectivity index (χ3v) is 5.37. The Morgan fingerprint density at radius 2 is 2.10 bits per heavy atom. The number of carbonyl (C=O) groups excluding carboxylic acids is 4. The standard InChI is InChI=1S/C19H15BrFN5O5/c1-25(8-15-23-17(24-31-15)10-6-9(20)2-3-11(10)21)13-7-16(28)26(19(13)30)12-4-5-14(27)22-18(12)29/h2-3,6-7,12H,4-5,8H2,1H3,(H,22,27,29). The van der Waals surface area contributed by atoms with Gasteiger partial charge in [0.15, 0.2) is 0 Å². The van der Waals surface area contributed by atoms with Gasteiger partial charge in [0, 0.05) is 24.0 Å². The normalized spacial score (nSPS) is 19.0. The Kier molecular flexibility index (Phi) is 5.39. The Hall–Kier alpha value is -3.41. The Morgan fingerprint density at radius 1 is 1.32 bits per heavy atom. The van der Waals surface area contributed by atoms with Gasteiger partial charge in [-0.1, -0.05) is 21.1 Å². The van der Waals surface area contributed by atoms with Crippen molar-refractivity contribution < 1.29 is 28.1 Å². The molecule has 2 aliphatic heterocycles. The number of amides is 4. The molecule has 10 nitrogen and oxygen atoms in total. The predicted molar refractivity (Wildman–Crippen MR) is 105 cm³/mol. The molecule has 0 bridgehead atoms. The summed E-state index contributed by atoms with van der Waals surface area (Å²) in [5.74, 6) is -2.84. The number of aromatic nitrogens is 2. The summed E-state index contributed by atoms with van der Waals surface area (Å²) in [7, 11) is 1.54. The SMILES string of the molecule is CN(Cc1nc(-c2cc(Br)ccc2F)no1)C1=CC(=O)N(C2CCC(=O)NC2=O)C1=O. The smallest absolute Gasteiger partial charge is 0.277 e. The van der Waals surface area contributed by atoms with Crippen LogP contribution in [-0.2, 0) is 25.7 Å². The molecule has 0 radical (unpaired) electrons. The molecule has 0 spiro atoms. The van der Waals surface area contributed by atoms with Crippen LogP contribution in [0.15, 0.2) is 39.0 Å². The van der Waals surface area contributed by atoms with E-state index < -0.39 is 35.5 Å². The number of likely N-dealkylation sites (N-methyl/N-ethyl adjacent to an activating group) is 1. The van der Waals surface area contributed by atoms with Crippen molar-refractivity contribution in [2.75, 3.05) is 7.05 Å². The van der Waals surface area contributed by atoms with Crippen LogP contribution in [0.4, 0.5) is 4.39 Å². The topological polar surface area (TPSA) is 126 Å². The first kappa shape index (κ1) is 20.8. The van der Waals surface area contributed by atoms with Crippen LogP contribution in [0.5, 0.6) is 0 Å². The fourth-order valence-electron chi connectivity index (χ4n) is 3.35. The molecular formula is C19H15BrFN5O5. The van der Waals surface area contributed by atoms with Crippen LogP contribution < -0.4 is 5.32 Å². The third kappa shape index (κ3) is 3.98. The highest BCUT2D eigenvalue weighted by molar-refractivity contribution is 9.10. The van der Waals surface area contributed by atoms with Gasteiger partial charge in [-0.3, -0.25) is 29.4 Å². The molecule has 1 fully saturated rings. The molecule has 1 aromatic carbocycles. The maximum absolute atomic E-state index is 14.0. The minimum absolute atomic E-state index is 0.0306. The lowest BCUT2D eigenvalue weighted by molar-refractivity contribution is -0.150. The molecule has 0 saturated carbocycles. The lowest BCUT2D eigenvalue weighted by Gasteiger charge is -2.29. The van der Waals surface area contributed by atoms with Crippen LogP contribution in [0.1, 0.15) is 18.7 Å². The van der Waals surface area contributed by atoms with Gasteiger partial charge < -0.3 is 9.42 Å². The van der Waals surface area contributed by atoms with Crippen LogP contribution in [-0.4, -0.2) is 56.7 Å². The zero-order valence-corrected chi connectivity index (χ0v) is 17.7. The Morgan fingerprint density at radius 3 is 2.84 bits per heavy atom. The number of halogens is 2. The number of nitrogens with one attached hydrogen (secondary N) is 1. The van der Waals surface area contributed by atoms with Gasteiger partial charge in [0.2, 0.25) is 23.5 Å². The second-order valence-electron chi connectivity index (χ2n) is 7.00. The number of hydrogen-bond acceptors (Lipinski definition) is 8. The van der Waals surface area contributed by atoms with Crippen LogP contribution in [0.2, 0.25) is 0 Å². The van der Waals surface area contributed by atoms with Gasteiger partial charge in [0.25, 0.3) is 11.8 Å². The van der Waals surface area contributed by atoms with E-state index in [1.54, 1.807) is 0 Å². The Labute approximate surface area is 183 Å². The average molecular weight is 492 g/mol. The van der Waals surface area contributed by atoms with Crippen LogP contribution in [0.25, 0.3) is 11.4 Å². The average Bonchev–Trinajstić information content (AvgIpc) is 3.28. The molecule has 0 aliphatic carbocycles. The number of rotatable bonds is 5. The van der Waals surface area contributed by atoms with Crippen molar-refractivity contribution in [3.8, 4) is 11.4 Å². The molecule has 12 heteroatoms. The fourth-order valence-corrected chi connectivity index (χ4v) is 3.72. The summed E-state index contributed by atoms with van der Waals surface area (Å²) in [6.07, 6.45) is 1.21. The molecule has 4 amide bonds. The van der Waals surface area contributed by atoms with Gasteiger partial charge >= 0.3 is 0 Å². The fraction of sp³-hybridized carbons (Fsp3) is 0.263. The molecule has 1 saturated heterocycles. The van der Waals surface area contributed by atoms with Gasteiger partial charge in [-0.2, -0.15) is 4.98 Å². The summed E-state index contributed by atoms with van der Waals surface area (Å²) in [6.45, 7) is -0.0311. The largest absolute Gasteiger partial charge is 0.361 e. The van der Waals surface area contributed by atoms with Crippen LogP contribution >= 0.6 is 15.9 Å². The van der Waals surface area contributed by atoms with E-state index in [-0.39, 0.29) is 42.4 Å². The number of hydrogen-bond donors (Lipinski definition) is 1. The number of nitrogens with zero attached hydrogens (tertiary/aromatic N) is 4. The van der Waals surface area contributed by atoms with Crippen molar-refractivity contribution in [2.24, 2.45) is 0 Å². The van der Waals surface area contributed by atoms with Crippen LogP contribution in [0.3, 0.4) is 0 Å². The summed E-state index contributed by atoms with van der Waals surface area (Å²) < 4.78 is 19.8. The second-order valence-corrected chi connectivity index (χ2v) is 7.92. The van der Waals surface area contributed by atoms with Crippen molar-refractivity contribution in [3.63, 3.8) is 0 Å². The zero-order chi connectivity index (χ0) is 22.3. The first-order valence-corrected chi connectivity index (χ1v) is 9.96. The zero-order valence-electron chi connectivity index (χ0n) is 16.1. The maximum atomic E-state index is 14.0. The number of benzene rings is 1. The molecule has 1 N–H and O–H groups in total. The first-order valence-electron chi connectivity index (χ1n) is 9.16.